The van der Waals surface area contributed by atoms with Crippen LogP contribution < -0.4 is 5.73 Å². The van der Waals surface area contributed by atoms with Crippen molar-refractivity contribution in [3.05, 3.63) is 53.3 Å². The fourth-order valence-corrected chi connectivity index (χ4v) is 2.02. The van der Waals surface area contributed by atoms with Crippen LogP contribution in [-0.2, 0) is 13.5 Å². The van der Waals surface area contributed by atoms with Crippen LogP contribution in [0.2, 0.25) is 0 Å². The maximum absolute atomic E-state index is 6.20. The van der Waals surface area contributed by atoms with Gasteiger partial charge in [-0.2, -0.15) is 5.10 Å². The van der Waals surface area contributed by atoms with Crippen molar-refractivity contribution in [2.45, 2.75) is 25.8 Å². The summed E-state index contributed by atoms with van der Waals surface area (Å²) < 4.78 is 1.91. The van der Waals surface area contributed by atoms with Crippen LogP contribution in [0.1, 0.15) is 29.3 Å². The number of benzene rings is 1. The molecule has 2 N–H and O–H groups in total. The van der Waals surface area contributed by atoms with Gasteiger partial charge in [-0.3, -0.25) is 4.68 Å². The molecule has 0 amide bonds. The zero-order valence-electron chi connectivity index (χ0n) is 10.4. The third-order valence-corrected chi connectivity index (χ3v) is 3.10. The van der Waals surface area contributed by atoms with Gasteiger partial charge in [-0.05, 0) is 31.4 Å². The van der Waals surface area contributed by atoms with Crippen molar-refractivity contribution in [1.29, 1.82) is 0 Å². The molecule has 0 radical (unpaired) electrons. The second-order valence-electron chi connectivity index (χ2n) is 4.51. The molecule has 90 valence electrons. The summed E-state index contributed by atoms with van der Waals surface area (Å²) in [6, 6.07) is 10.6. The van der Waals surface area contributed by atoms with Gasteiger partial charge in [-0.15, -0.1) is 0 Å². The summed E-state index contributed by atoms with van der Waals surface area (Å²) >= 11 is 0. The minimum absolute atomic E-state index is 0.102. The van der Waals surface area contributed by atoms with Crippen LogP contribution in [0, 0.1) is 6.92 Å². The zero-order valence-corrected chi connectivity index (χ0v) is 10.4. The predicted octanol–water partition coefficient (Wildman–Crippen LogP) is 2.36. The molecule has 1 aromatic heterocycles. The van der Waals surface area contributed by atoms with Gasteiger partial charge >= 0.3 is 0 Å². The van der Waals surface area contributed by atoms with Gasteiger partial charge < -0.3 is 5.73 Å². The molecule has 17 heavy (non-hydrogen) atoms. The molecule has 0 spiro atoms. The summed E-state index contributed by atoms with van der Waals surface area (Å²) in [5.74, 6) is 0. The van der Waals surface area contributed by atoms with Crippen LogP contribution in [-0.4, -0.2) is 9.78 Å². The van der Waals surface area contributed by atoms with Crippen molar-refractivity contribution >= 4 is 0 Å². The van der Waals surface area contributed by atoms with E-state index < -0.39 is 0 Å². The Morgan fingerprint density at radius 1 is 1.35 bits per heavy atom. The Hall–Kier alpha value is -1.61. The molecule has 2 rings (SSSR count). The van der Waals surface area contributed by atoms with Crippen molar-refractivity contribution in [2.75, 3.05) is 0 Å². The SMILES string of the molecule is Cc1cccc(C(N)CCc2ccnn2C)c1. The van der Waals surface area contributed by atoms with E-state index in [1.807, 2.05) is 24.0 Å². The average molecular weight is 229 g/mol. The number of aromatic nitrogens is 2. The molecule has 3 heteroatoms. The van der Waals surface area contributed by atoms with E-state index >= 15 is 0 Å². The van der Waals surface area contributed by atoms with Gasteiger partial charge in [-0.25, -0.2) is 0 Å². The first-order valence-electron chi connectivity index (χ1n) is 5.96. The number of hydrogen-bond acceptors (Lipinski definition) is 2. The Morgan fingerprint density at radius 3 is 2.82 bits per heavy atom. The van der Waals surface area contributed by atoms with Crippen molar-refractivity contribution in [2.24, 2.45) is 12.8 Å². The molecule has 1 unspecified atom stereocenters. The quantitative estimate of drug-likeness (QED) is 0.874. The summed E-state index contributed by atoms with van der Waals surface area (Å²) in [4.78, 5) is 0. The Kier molecular flexibility index (Phi) is 3.59. The molecule has 0 saturated heterocycles. The lowest BCUT2D eigenvalue weighted by Gasteiger charge is -2.12. The molecule has 0 aliphatic carbocycles. The Morgan fingerprint density at radius 2 is 2.18 bits per heavy atom. The lowest BCUT2D eigenvalue weighted by molar-refractivity contribution is 0.613. The van der Waals surface area contributed by atoms with E-state index in [0.29, 0.717) is 0 Å². The number of hydrogen-bond donors (Lipinski definition) is 1. The molecule has 1 heterocycles. The fraction of sp³-hybridized carbons (Fsp3) is 0.357. The second kappa shape index (κ2) is 5.15. The van der Waals surface area contributed by atoms with Crippen LogP contribution in [0.3, 0.4) is 0 Å². The van der Waals surface area contributed by atoms with E-state index in [1.54, 1.807) is 0 Å². The molecule has 1 aromatic carbocycles. The number of aryl methyl sites for hydroxylation is 3. The lowest BCUT2D eigenvalue weighted by Crippen LogP contribution is -2.12. The van der Waals surface area contributed by atoms with Crippen molar-refractivity contribution in [1.82, 2.24) is 9.78 Å². The van der Waals surface area contributed by atoms with Gasteiger partial charge in [0, 0.05) is 25.0 Å². The molecule has 0 aliphatic heterocycles. The highest BCUT2D eigenvalue weighted by Crippen LogP contribution is 2.17. The van der Waals surface area contributed by atoms with Crippen LogP contribution in [0.15, 0.2) is 36.5 Å². The smallest absolute Gasteiger partial charge is 0.0492 e. The zero-order chi connectivity index (χ0) is 12.3. The van der Waals surface area contributed by atoms with Gasteiger partial charge in [0.1, 0.15) is 0 Å². The van der Waals surface area contributed by atoms with Crippen LogP contribution in [0.5, 0.6) is 0 Å². The molecule has 2 aromatic rings. The monoisotopic (exact) mass is 229 g/mol. The molecule has 3 nitrogen and oxygen atoms in total. The third kappa shape index (κ3) is 2.94. The van der Waals surface area contributed by atoms with Gasteiger partial charge in [0.2, 0.25) is 0 Å². The molecular formula is C14H19N3. The highest BCUT2D eigenvalue weighted by molar-refractivity contribution is 5.24. The van der Waals surface area contributed by atoms with E-state index in [-0.39, 0.29) is 6.04 Å². The summed E-state index contributed by atoms with van der Waals surface area (Å²) in [5, 5.41) is 4.16. The maximum atomic E-state index is 6.20. The molecular weight excluding hydrogens is 210 g/mol. The summed E-state index contributed by atoms with van der Waals surface area (Å²) in [6.45, 7) is 2.09. The average Bonchev–Trinajstić information content (AvgIpc) is 2.72. The Balaban J connectivity index is 1.98. The topological polar surface area (TPSA) is 43.8 Å². The van der Waals surface area contributed by atoms with Crippen LogP contribution >= 0.6 is 0 Å². The van der Waals surface area contributed by atoms with E-state index in [0.717, 1.165) is 12.8 Å². The molecule has 0 saturated carbocycles. The largest absolute Gasteiger partial charge is 0.324 e. The number of nitrogens with zero attached hydrogens (tertiary/aromatic N) is 2. The first kappa shape index (κ1) is 11.9. The highest BCUT2D eigenvalue weighted by Gasteiger charge is 2.07. The second-order valence-corrected chi connectivity index (χ2v) is 4.51. The number of nitrogens with two attached hydrogens (primary N) is 1. The minimum atomic E-state index is 0.102. The third-order valence-electron chi connectivity index (χ3n) is 3.10. The number of rotatable bonds is 4. The van der Waals surface area contributed by atoms with Crippen LogP contribution in [0.4, 0.5) is 0 Å². The van der Waals surface area contributed by atoms with E-state index in [9.17, 15) is 0 Å². The van der Waals surface area contributed by atoms with Crippen molar-refractivity contribution in [3.8, 4) is 0 Å². The molecule has 0 bridgehead atoms. The minimum Gasteiger partial charge on any atom is -0.324 e. The Bertz CT molecular complexity index is 488. The van der Waals surface area contributed by atoms with E-state index in [4.69, 9.17) is 5.73 Å². The first-order chi connectivity index (χ1) is 8.16. The van der Waals surface area contributed by atoms with Gasteiger partial charge in [0.25, 0.3) is 0 Å². The summed E-state index contributed by atoms with van der Waals surface area (Å²) in [6.07, 6.45) is 3.74. The maximum Gasteiger partial charge on any atom is 0.0492 e. The van der Waals surface area contributed by atoms with E-state index in [2.05, 4.69) is 36.3 Å². The van der Waals surface area contributed by atoms with E-state index in [1.165, 1.54) is 16.8 Å². The van der Waals surface area contributed by atoms with Crippen LogP contribution in [0.25, 0.3) is 0 Å². The lowest BCUT2D eigenvalue weighted by atomic mass is 10.0. The van der Waals surface area contributed by atoms with Crippen molar-refractivity contribution < 1.29 is 0 Å². The molecule has 0 aliphatic rings. The van der Waals surface area contributed by atoms with Crippen molar-refractivity contribution in [3.63, 3.8) is 0 Å². The summed E-state index contributed by atoms with van der Waals surface area (Å²) in [7, 11) is 1.97. The molecule has 1 atom stereocenters. The van der Waals surface area contributed by atoms with Gasteiger partial charge in [-0.1, -0.05) is 29.8 Å². The summed E-state index contributed by atoms with van der Waals surface area (Å²) in [5.41, 5.74) is 9.91. The normalized spacial score (nSPS) is 12.6. The molecule has 0 fully saturated rings. The predicted molar refractivity (Wildman–Crippen MR) is 69.6 cm³/mol. The Labute approximate surface area is 102 Å². The van der Waals surface area contributed by atoms with Gasteiger partial charge in [0.05, 0.1) is 0 Å². The first-order valence-corrected chi connectivity index (χ1v) is 5.96. The fourth-order valence-electron chi connectivity index (χ4n) is 2.02. The standard InChI is InChI=1S/C14H19N3/c1-11-4-3-5-12(10-11)14(15)7-6-13-8-9-16-17(13)2/h3-5,8-10,14H,6-7,15H2,1-2H3. The highest BCUT2D eigenvalue weighted by atomic mass is 15.2. The van der Waals surface area contributed by atoms with Gasteiger partial charge in [0.15, 0.2) is 0 Å².